The summed E-state index contributed by atoms with van der Waals surface area (Å²) in [5, 5.41) is 30.6. The van der Waals surface area contributed by atoms with E-state index in [9.17, 15) is 15.3 Å². The molecule has 0 aliphatic heterocycles. The van der Waals surface area contributed by atoms with E-state index in [-0.39, 0.29) is 0 Å². The van der Waals surface area contributed by atoms with Gasteiger partial charge in [0.15, 0.2) is 0 Å². The van der Waals surface area contributed by atoms with Gasteiger partial charge in [-0.15, -0.1) is 0 Å². The van der Waals surface area contributed by atoms with Gasteiger partial charge in [0.05, 0.1) is 17.3 Å². The van der Waals surface area contributed by atoms with Gasteiger partial charge in [0, 0.05) is 0 Å². The lowest BCUT2D eigenvalue weighted by Gasteiger charge is -2.47. The van der Waals surface area contributed by atoms with Crippen LogP contribution in [0.3, 0.4) is 0 Å². The van der Waals surface area contributed by atoms with Crippen molar-refractivity contribution >= 4 is 0 Å². The standard InChI is InChI=1S/C24H46O3/c1-17-9-7-16-24(6)19(17)12-13-20(24)18(10-8-15-22(2,3)26)11-14-21(25)23(4,5)27/h17-21,25-27H,7-16H2,1-6H3/t17-,18-,19?,20?,21?,24-/m0/s1. The van der Waals surface area contributed by atoms with Gasteiger partial charge in [-0.25, -0.2) is 0 Å². The van der Waals surface area contributed by atoms with E-state index in [1.165, 1.54) is 32.1 Å². The van der Waals surface area contributed by atoms with Crippen molar-refractivity contribution in [2.45, 2.75) is 123 Å². The Labute approximate surface area is 168 Å². The van der Waals surface area contributed by atoms with Crippen LogP contribution in [0.4, 0.5) is 0 Å². The summed E-state index contributed by atoms with van der Waals surface area (Å²) in [4.78, 5) is 0. The smallest absolute Gasteiger partial charge is 0.0849 e. The number of hydrogen-bond donors (Lipinski definition) is 3. The Balaban J connectivity index is 2.08. The Hall–Kier alpha value is -0.120. The van der Waals surface area contributed by atoms with Gasteiger partial charge in [0.25, 0.3) is 0 Å². The van der Waals surface area contributed by atoms with Crippen molar-refractivity contribution in [2.75, 3.05) is 0 Å². The number of hydrogen-bond acceptors (Lipinski definition) is 3. The van der Waals surface area contributed by atoms with E-state index >= 15 is 0 Å². The third-order valence-electron chi connectivity index (χ3n) is 8.10. The minimum atomic E-state index is -1.03. The molecule has 0 aromatic heterocycles. The fourth-order valence-corrected chi connectivity index (χ4v) is 6.45. The Morgan fingerprint density at radius 2 is 1.67 bits per heavy atom. The van der Waals surface area contributed by atoms with Crippen LogP contribution in [-0.4, -0.2) is 32.6 Å². The highest BCUT2D eigenvalue weighted by molar-refractivity contribution is 5.01. The molecule has 3 heteroatoms. The third kappa shape index (κ3) is 5.93. The lowest BCUT2D eigenvalue weighted by atomic mass is 9.58. The predicted octanol–water partition coefficient (Wildman–Crippen LogP) is 5.31. The first kappa shape index (κ1) is 23.2. The van der Waals surface area contributed by atoms with E-state index in [1.54, 1.807) is 13.8 Å². The van der Waals surface area contributed by atoms with Gasteiger partial charge >= 0.3 is 0 Å². The summed E-state index contributed by atoms with van der Waals surface area (Å²) in [5.74, 6) is 3.01. The molecule has 0 amide bonds. The summed E-state index contributed by atoms with van der Waals surface area (Å²) in [6.45, 7) is 12.2. The van der Waals surface area contributed by atoms with Crippen LogP contribution in [-0.2, 0) is 0 Å². The molecule has 160 valence electrons. The molecule has 0 aromatic rings. The highest BCUT2D eigenvalue weighted by Crippen LogP contribution is 2.60. The molecular weight excluding hydrogens is 336 g/mol. The highest BCUT2D eigenvalue weighted by Gasteiger charge is 2.51. The SMILES string of the molecule is C[C@H]1CCC[C@]2(C)C([C@@H](CCCC(C)(C)O)CCC(O)C(C)(C)O)CCC12. The molecular formula is C24H46O3. The van der Waals surface area contributed by atoms with Crippen LogP contribution in [0.25, 0.3) is 0 Å². The van der Waals surface area contributed by atoms with Crippen molar-refractivity contribution in [3.05, 3.63) is 0 Å². The van der Waals surface area contributed by atoms with E-state index in [0.29, 0.717) is 17.8 Å². The van der Waals surface area contributed by atoms with Crippen LogP contribution in [0.15, 0.2) is 0 Å². The van der Waals surface area contributed by atoms with Gasteiger partial charge in [0.2, 0.25) is 0 Å². The molecule has 3 nitrogen and oxygen atoms in total. The van der Waals surface area contributed by atoms with Crippen LogP contribution in [0.1, 0.15) is 106 Å². The number of aliphatic hydroxyl groups excluding tert-OH is 1. The lowest BCUT2D eigenvalue weighted by Crippen LogP contribution is -2.40. The van der Waals surface area contributed by atoms with Crippen LogP contribution in [0.2, 0.25) is 0 Å². The van der Waals surface area contributed by atoms with Crippen LogP contribution < -0.4 is 0 Å². The average Bonchev–Trinajstić information content (AvgIpc) is 2.86. The highest BCUT2D eigenvalue weighted by atomic mass is 16.3. The zero-order valence-electron chi connectivity index (χ0n) is 18.8. The predicted molar refractivity (Wildman–Crippen MR) is 113 cm³/mol. The molecule has 0 spiro atoms. The van der Waals surface area contributed by atoms with Crippen LogP contribution in [0, 0.1) is 29.1 Å². The van der Waals surface area contributed by atoms with Crippen LogP contribution >= 0.6 is 0 Å². The lowest BCUT2D eigenvalue weighted by molar-refractivity contribution is -0.0572. The normalized spacial score (nSPS) is 34.3. The molecule has 2 aliphatic rings. The molecule has 3 N–H and O–H groups in total. The van der Waals surface area contributed by atoms with E-state index in [1.807, 2.05) is 13.8 Å². The van der Waals surface area contributed by atoms with E-state index in [0.717, 1.165) is 43.4 Å². The van der Waals surface area contributed by atoms with E-state index in [2.05, 4.69) is 13.8 Å². The number of aliphatic hydroxyl groups is 3. The van der Waals surface area contributed by atoms with E-state index < -0.39 is 17.3 Å². The first-order valence-electron chi connectivity index (χ1n) is 11.5. The molecule has 2 saturated carbocycles. The summed E-state index contributed by atoms with van der Waals surface area (Å²) in [7, 11) is 0. The Bertz CT molecular complexity index is 461. The monoisotopic (exact) mass is 382 g/mol. The molecule has 2 fully saturated rings. The number of rotatable bonds is 9. The topological polar surface area (TPSA) is 60.7 Å². The Kier molecular flexibility index (Phi) is 7.47. The quantitative estimate of drug-likeness (QED) is 0.506. The van der Waals surface area contributed by atoms with Gasteiger partial charge in [0.1, 0.15) is 0 Å². The zero-order chi connectivity index (χ0) is 20.5. The van der Waals surface area contributed by atoms with Crippen molar-refractivity contribution in [1.82, 2.24) is 0 Å². The van der Waals surface area contributed by atoms with Gasteiger partial charge in [-0.2, -0.15) is 0 Å². The fourth-order valence-electron chi connectivity index (χ4n) is 6.45. The fraction of sp³-hybridized carbons (Fsp3) is 1.00. The van der Waals surface area contributed by atoms with Gasteiger partial charge in [-0.1, -0.05) is 39.5 Å². The molecule has 0 radical (unpaired) electrons. The number of fused-ring (bicyclic) bond motifs is 1. The third-order valence-corrected chi connectivity index (χ3v) is 8.10. The van der Waals surface area contributed by atoms with Gasteiger partial charge < -0.3 is 15.3 Å². The molecule has 0 bridgehead atoms. The van der Waals surface area contributed by atoms with Crippen molar-refractivity contribution in [2.24, 2.45) is 29.1 Å². The first-order chi connectivity index (χ1) is 12.3. The van der Waals surface area contributed by atoms with Crippen molar-refractivity contribution in [3.63, 3.8) is 0 Å². The largest absolute Gasteiger partial charge is 0.390 e. The first-order valence-corrected chi connectivity index (χ1v) is 11.5. The van der Waals surface area contributed by atoms with Crippen molar-refractivity contribution in [1.29, 1.82) is 0 Å². The molecule has 2 aliphatic carbocycles. The summed E-state index contributed by atoms with van der Waals surface area (Å²) < 4.78 is 0. The van der Waals surface area contributed by atoms with Gasteiger partial charge in [-0.05, 0) is 95.3 Å². The summed E-state index contributed by atoms with van der Waals surface area (Å²) in [6.07, 6.45) is 10.8. The summed E-state index contributed by atoms with van der Waals surface area (Å²) >= 11 is 0. The molecule has 0 aromatic carbocycles. The molecule has 0 heterocycles. The second-order valence-corrected chi connectivity index (χ2v) is 11.4. The second kappa shape index (κ2) is 8.71. The van der Waals surface area contributed by atoms with Crippen LogP contribution in [0.5, 0.6) is 0 Å². The van der Waals surface area contributed by atoms with Crippen molar-refractivity contribution in [3.8, 4) is 0 Å². The minimum absolute atomic E-state index is 0.441. The summed E-state index contributed by atoms with van der Waals surface area (Å²) in [5.41, 5.74) is -1.19. The maximum absolute atomic E-state index is 10.4. The molecule has 3 unspecified atom stereocenters. The Morgan fingerprint density at radius 1 is 1.00 bits per heavy atom. The Morgan fingerprint density at radius 3 is 2.26 bits per heavy atom. The van der Waals surface area contributed by atoms with Crippen molar-refractivity contribution < 1.29 is 15.3 Å². The molecule has 27 heavy (non-hydrogen) atoms. The second-order valence-electron chi connectivity index (χ2n) is 11.4. The summed E-state index contributed by atoms with van der Waals surface area (Å²) in [6, 6.07) is 0. The zero-order valence-corrected chi connectivity index (χ0v) is 18.8. The molecule has 6 atom stereocenters. The minimum Gasteiger partial charge on any atom is -0.390 e. The maximum atomic E-state index is 10.4. The average molecular weight is 383 g/mol. The maximum Gasteiger partial charge on any atom is 0.0849 e. The van der Waals surface area contributed by atoms with Gasteiger partial charge in [-0.3, -0.25) is 0 Å². The molecule has 0 saturated heterocycles. The van der Waals surface area contributed by atoms with E-state index in [4.69, 9.17) is 0 Å². The molecule has 2 rings (SSSR count).